The van der Waals surface area contributed by atoms with Gasteiger partial charge in [-0.2, -0.15) is 0 Å². The molecule has 9 heteroatoms. The lowest BCUT2D eigenvalue weighted by Gasteiger charge is -2.19. The maximum absolute atomic E-state index is 12.0. The quantitative estimate of drug-likeness (QED) is 0.721. The molecule has 0 aromatic heterocycles. The summed E-state index contributed by atoms with van der Waals surface area (Å²) in [6.45, 7) is -0.0664. The van der Waals surface area contributed by atoms with Crippen LogP contribution in [0.25, 0.3) is 0 Å². The van der Waals surface area contributed by atoms with E-state index in [2.05, 4.69) is 20.7 Å². The van der Waals surface area contributed by atoms with E-state index in [1.807, 2.05) is 0 Å². The zero-order valence-corrected chi connectivity index (χ0v) is 15.6. The van der Waals surface area contributed by atoms with Crippen molar-refractivity contribution in [2.24, 2.45) is 0 Å². The van der Waals surface area contributed by atoms with E-state index in [0.717, 1.165) is 4.47 Å². The van der Waals surface area contributed by atoms with Crippen LogP contribution in [-0.2, 0) is 19.6 Å². The summed E-state index contributed by atoms with van der Waals surface area (Å²) in [5.41, 5.74) is 0. The largest absolute Gasteiger partial charge is 0.347 e. The monoisotopic (exact) mass is 405 g/mol. The number of hydrogen-bond donors (Lipinski definition) is 1. The smallest absolute Gasteiger partial charge is 0.241 e. The zero-order chi connectivity index (χ0) is 17.6. The molecule has 128 valence electrons. The molecular formula is C14H20BrN3O4S. The maximum Gasteiger partial charge on any atom is 0.241 e. The first-order valence-corrected chi connectivity index (χ1v) is 9.10. The van der Waals surface area contributed by atoms with Crippen molar-refractivity contribution in [1.29, 1.82) is 0 Å². The Morgan fingerprint density at radius 3 is 2.17 bits per heavy atom. The lowest BCUT2D eigenvalue weighted by Crippen LogP contribution is -2.39. The normalized spacial score (nSPS) is 11.1. The molecule has 1 N–H and O–H groups in total. The van der Waals surface area contributed by atoms with Gasteiger partial charge in [-0.3, -0.25) is 9.59 Å². The van der Waals surface area contributed by atoms with Crippen LogP contribution >= 0.6 is 15.9 Å². The Balaban J connectivity index is 2.51. The van der Waals surface area contributed by atoms with Crippen LogP contribution in [0.4, 0.5) is 0 Å². The number of carbonyl (C=O) groups is 2. The van der Waals surface area contributed by atoms with Crippen molar-refractivity contribution in [2.45, 2.75) is 11.3 Å². The highest BCUT2D eigenvalue weighted by Gasteiger charge is 2.17. The van der Waals surface area contributed by atoms with Crippen LogP contribution in [0.5, 0.6) is 0 Å². The van der Waals surface area contributed by atoms with Crippen LogP contribution in [0.2, 0.25) is 0 Å². The first kappa shape index (κ1) is 19.6. The third-order valence-electron chi connectivity index (χ3n) is 3.05. The van der Waals surface area contributed by atoms with Crippen molar-refractivity contribution in [2.75, 3.05) is 34.2 Å². The summed E-state index contributed by atoms with van der Waals surface area (Å²) in [4.78, 5) is 26.2. The summed E-state index contributed by atoms with van der Waals surface area (Å²) in [6.07, 6.45) is -0.0209. The van der Waals surface area contributed by atoms with Gasteiger partial charge in [-0.25, -0.2) is 13.1 Å². The van der Waals surface area contributed by atoms with Crippen molar-refractivity contribution in [3.63, 3.8) is 0 Å². The van der Waals surface area contributed by atoms with E-state index in [-0.39, 0.29) is 36.2 Å². The average Bonchev–Trinajstić information content (AvgIpc) is 2.47. The van der Waals surface area contributed by atoms with E-state index >= 15 is 0 Å². The van der Waals surface area contributed by atoms with E-state index in [1.54, 1.807) is 26.2 Å². The molecule has 0 saturated heterocycles. The molecule has 23 heavy (non-hydrogen) atoms. The summed E-state index contributed by atoms with van der Waals surface area (Å²) in [5.74, 6) is -0.505. The number of halogens is 1. The molecule has 0 radical (unpaired) electrons. The Hall–Kier alpha value is -1.45. The Morgan fingerprint density at radius 1 is 1.09 bits per heavy atom. The van der Waals surface area contributed by atoms with E-state index in [9.17, 15) is 18.0 Å². The number of nitrogens with zero attached hydrogens (tertiary/aromatic N) is 2. The first-order valence-electron chi connectivity index (χ1n) is 6.83. The zero-order valence-electron chi connectivity index (χ0n) is 13.2. The lowest BCUT2D eigenvalue weighted by atomic mass is 10.3. The van der Waals surface area contributed by atoms with Gasteiger partial charge in [0.05, 0.1) is 11.4 Å². The molecule has 0 atom stereocenters. The molecule has 0 aliphatic carbocycles. The van der Waals surface area contributed by atoms with Gasteiger partial charge in [0.1, 0.15) is 0 Å². The topological polar surface area (TPSA) is 86.8 Å². The number of sulfonamides is 1. The predicted molar refractivity (Wildman–Crippen MR) is 90.3 cm³/mol. The van der Waals surface area contributed by atoms with E-state index in [1.165, 1.54) is 29.0 Å². The summed E-state index contributed by atoms with van der Waals surface area (Å²) in [7, 11) is 1.06. The fraction of sp³-hybridized carbons (Fsp3) is 0.429. The van der Waals surface area contributed by atoms with Gasteiger partial charge in [-0.15, -0.1) is 0 Å². The summed E-state index contributed by atoms with van der Waals surface area (Å²) < 4.78 is 27.2. The third kappa shape index (κ3) is 6.28. The Morgan fingerprint density at radius 2 is 1.65 bits per heavy atom. The molecule has 1 aromatic carbocycles. The highest BCUT2D eigenvalue weighted by atomic mass is 79.9. The molecule has 1 aromatic rings. The van der Waals surface area contributed by atoms with Crippen LogP contribution < -0.4 is 4.72 Å². The van der Waals surface area contributed by atoms with Crippen molar-refractivity contribution in [3.05, 3.63) is 28.7 Å². The Labute approximate surface area is 144 Å². The number of amides is 2. The highest BCUT2D eigenvalue weighted by Crippen LogP contribution is 2.14. The van der Waals surface area contributed by atoms with E-state index in [4.69, 9.17) is 0 Å². The van der Waals surface area contributed by atoms with Crippen LogP contribution in [-0.4, -0.2) is 64.3 Å². The summed E-state index contributed by atoms with van der Waals surface area (Å²) in [5, 5.41) is 0. The van der Waals surface area contributed by atoms with Crippen molar-refractivity contribution in [3.8, 4) is 0 Å². The fourth-order valence-electron chi connectivity index (χ4n) is 1.61. The molecular weight excluding hydrogens is 386 g/mol. The van der Waals surface area contributed by atoms with Crippen LogP contribution in [0, 0.1) is 0 Å². The second-order valence-electron chi connectivity index (χ2n) is 5.14. The van der Waals surface area contributed by atoms with Crippen LogP contribution in [0.1, 0.15) is 6.42 Å². The van der Waals surface area contributed by atoms with Gasteiger partial charge < -0.3 is 9.80 Å². The maximum atomic E-state index is 12.0. The van der Waals surface area contributed by atoms with Gasteiger partial charge in [-0.1, -0.05) is 15.9 Å². The van der Waals surface area contributed by atoms with E-state index < -0.39 is 10.0 Å². The van der Waals surface area contributed by atoms with Crippen molar-refractivity contribution < 1.29 is 18.0 Å². The van der Waals surface area contributed by atoms with Crippen LogP contribution in [0.15, 0.2) is 33.6 Å². The molecule has 0 aliphatic rings. The van der Waals surface area contributed by atoms with Crippen molar-refractivity contribution >= 4 is 37.8 Å². The predicted octanol–water partition coefficient (Wildman–Crippen LogP) is 0.664. The number of rotatable bonds is 7. The fourth-order valence-corrected chi connectivity index (χ4v) is 2.91. The minimum absolute atomic E-state index is 0.0209. The van der Waals surface area contributed by atoms with E-state index in [0.29, 0.717) is 0 Å². The van der Waals surface area contributed by atoms with Crippen molar-refractivity contribution in [1.82, 2.24) is 14.5 Å². The summed E-state index contributed by atoms with van der Waals surface area (Å²) >= 11 is 3.23. The number of hydrogen-bond acceptors (Lipinski definition) is 4. The molecule has 0 spiro atoms. The average molecular weight is 406 g/mol. The van der Waals surface area contributed by atoms with Gasteiger partial charge in [-0.05, 0) is 24.3 Å². The van der Waals surface area contributed by atoms with Gasteiger partial charge in [0.15, 0.2) is 0 Å². The number of likely N-dealkylation sites (N-methyl/N-ethyl adjacent to an activating group) is 2. The molecule has 0 unspecified atom stereocenters. The second kappa shape index (κ2) is 8.42. The highest BCUT2D eigenvalue weighted by molar-refractivity contribution is 9.10. The molecule has 0 fully saturated rings. The van der Waals surface area contributed by atoms with Gasteiger partial charge in [0.25, 0.3) is 0 Å². The number of carbonyl (C=O) groups excluding carboxylic acids is 2. The molecule has 0 bridgehead atoms. The van der Waals surface area contributed by atoms with Gasteiger partial charge in [0, 0.05) is 38.6 Å². The van der Waals surface area contributed by atoms with Gasteiger partial charge >= 0.3 is 0 Å². The standard InChI is InChI=1S/C14H20BrN3O4S/c1-17(2)14(20)10-18(3)13(19)8-9-16-23(21,22)12-6-4-11(15)5-7-12/h4-7,16H,8-10H2,1-3H3. The second-order valence-corrected chi connectivity index (χ2v) is 7.82. The first-order chi connectivity index (χ1) is 10.6. The minimum atomic E-state index is -3.65. The Bertz CT molecular complexity index is 659. The molecule has 0 saturated carbocycles. The number of nitrogens with one attached hydrogen (secondary N) is 1. The summed E-state index contributed by atoms with van der Waals surface area (Å²) in [6, 6.07) is 6.19. The van der Waals surface area contributed by atoms with Gasteiger partial charge in [0.2, 0.25) is 21.8 Å². The molecule has 1 rings (SSSR count). The third-order valence-corrected chi connectivity index (χ3v) is 5.06. The van der Waals surface area contributed by atoms with Crippen LogP contribution in [0.3, 0.4) is 0 Å². The molecule has 7 nitrogen and oxygen atoms in total. The minimum Gasteiger partial charge on any atom is -0.347 e. The molecule has 0 aliphatic heterocycles. The lowest BCUT2D eigenvalue weighted by molar-refractivity contribution is -0.137. The Kier molecular flexibility index (Phi) is 7.17. The molecule has 2 amide bonds. The molecule has 0 heterocycles. The SMILES string of the molecule is CN(C)C(=O)CN(C)C(=O)CCNS(=O)(=O)c1ccc(Br)cc1. The number of benzene rings is 1.